The molecule has 2 N–H and O–H groups in total. The van der Waals surface area contributed by atoms with Crippen molar-refractivity contribution in [3.05, 3.63) is 76.4 Å². The third kappa shape index (κ3) is 9.93. The minimum atomic E-state index is -4.06. The zero-order valence-electron chi connectivity index (χ0n) is 24.0. The van der Waals surface area contributed by atoms with Crippen molar-refractivity contribution >= 4 is 39.3 Å². The van der Waals surface area contributed by atoms with E-state index < -0.39 is 44.9 Å². The van der Waals surface area contributed by atoms with E-state index in [0.29, 0.717) is 17.4 Å². The van der Waals surface area contributed by atoms with Gasteiger partial charge in [-0.15, -0.1) is 0 Å². The average Bonchev–Trinajstić information content (AvgIpc) is 2.96. The van der Waals surface area contributed by atoms with Crippen molar-refractivity contribution in [3.63, 3.8) is 0 Å². The molecule has 1 aliphatic heterocycles. The van der Waals surface area contributed by atoms with Crippen molar-refractivity contribution in [1.29, 1.82) is 0 Å². The SMILES string of the molecule is CC(C)C[C@@H](C(=O)NN(c1ccc([N+](=O)[O-])cc1)S(C)(=O)=O)[C@H](C/C=C/c1ccccc1)C(=O)NOC1CCCCO1. The van der Waals surface area contributed by atoms with Crippen LogP contribution in [0.5, 0.6) is 0 Å². The second kappa shape index (κ2) is 15.4. The topological polar surface area (TPSA) is 157 Å². The number of hydrogen-bond acceptors (Lipinski definition) is 8. The number of rotatable bonds is 14. The highest BCUT2D eigenvalue weighted by atomic mass is 32.2. The fraction of sp³-hybridized carbons (Fsp3) is 0.448. The average molecular weight is 603 g/mol. The molecule has 0 aliphatic carbocycles. The number of hydrogen-bond donors (Lipinski definition) is 2. The molecule has 1 unspecified atom stereocenters. The summed E-state index contributed by atoms with van der Waals surface area (Å²) in [5.41, 5.74) is 5.59. The van der Waals surface area contributed by atoms with Crippen LogP contribution in [-0.4, -0.2) is 44.3 Å². The number of nitrogens with zero attached hydrogens (tertiary/aromatic N) is 2. The van der Waals surface area contributed by atoms with Crippen LogP contribution in [0, 0.1) is 27.9 Å². The molecule has 0 spiro atoms. The monoisotopic (exact) mass is 602 g/mol. The maximum Gasteiger partial charge on any atom is 0.269 e. The number of non-ortho nitro benzene ring substituents is 1. The van der Waals surface area contributed by atoms with Gasteiger partial charge in [0.1, 0.15) is 0 Å². The first-order chi connectivity index (χ1) is 20.0. The number of hydrazine groups is 1. The molecule has 1 aliphatic rings. The predicted molar refractivity (Wildman–Crippen MR) is 158 cm³/mol. The van der Waals surface area contributed by atoms with Gasteiger partial charge in [-0.2, -0.15) is 4.41 Å². The lowest BCUT2D eigenvalue weighted by molar-refractivity contribution is -0.384. The molecule has 3 rings (SSSR count). The van der Waals surface area contributed by atoms with Gasteiger partial charge in [-0.1, -0.05) is 56.3 Å². The van der Waals surface area contributed by atoms with E-state index in [-0.39, 0.29) is 30.1 Å². The molecule has 12 nitrogen and oxygen atoms in total. The molecule has 228 valence electrons. The smallest absolute Gasteiger partial charge is 0.269 e. The minimum absolute atomic E-state index is 0.00232. The van der Waals surface area contributed by atoms with Crippen molar-refractivity contribution < 1.29 is 32.5 Å². The summed E-state index contributed by atoms with van der Waals surface area (Å²) in [7, 11) is -4.06. The van der Waals surface area contributed by atoms with Gasteiger partial charge in [0.25, 0.3) is 5.69 Å². The Kier molecular flexibility index (Phi) is 12.0. The van der Waals surface area contributed by atoms with Crippen LogP contribution in [-0.2, 0) is 29.2 Å². The van der Waals surface area contributed by atoms with Crippen LogP contribution in [0.25, 0.3) is 6.08 Å². The van der Waals surface area contributed by atoms with Gasteiger partial charge in [0.05, 0.1) is 28.7 Å². The van der Waals surface area contributed by atoms with Crippen LogP contribution in [0.2, 0.25) is 0 Å². The molecule has 0 radical (unpaired) electrons. The number of hydroxylamine groups is 1. The number of anilines is 1. The summed E-state index contributed by atoms with van der Waals surface area (Å²) in [5, 5.41) is 11.1. The quantitative estimate of drug-likeness (QED) is 0.239. The fourth-order valence-corrected chi connectivity index (χ4v) is 5.33. The lowest BCUT2D eigenvalue weighted by Crippen LogP contribution is -2.51. The van der Waals surface area contributed by atoms with Gasteiger partial charge >= 0.3 is 0 Å². The number of carbonyl (C=O) groups is 2. The Hall–Kier alpha value is -3.81. The summed E-state index contributed by atoms with van der Waals surface area (Å²) in [6.45, 7) is 4.31. The molecule has 42 heavy (non-hydrogen) atoms. The van der Waals surface area contributed by atoms with Crippen LogP contribution in [0.3, 0.4) is 0 Å². The van der Waals surface area contributed by atoms with E-state index >= 15 is 0 Å². The van der Waals surface area contributed by atoms with Crippen LogP contribution >= 0.6 is 0 Å². The normalized spacial score (nSPS) is 17.0. The maximum absolute atomic E-state index is 13.8. The maximum atomic E-state index is 13.8. The number of allylic oxidation sites excluding steroid dienone is 1. The van der Waals surface area contributed by atoms with Crippen LogP contribution in [0.1, 0.15) is 51.5 Å². The van der Waals surface area contributed by atoms with Crippen LogP contribution < -0.4 is 15.3 Å². The molecule has 13 heteroatoms. The van der Waals surface area contributed by atoms with Gasteiger partial charge in [0.2, 0.25) is 21.8 Å². The standard InChI is InChI=1S/C29H38N4O8S/c1-21(2)20-26(28(34)30-32(42(3,38)39)23-15-17-24(18-16-23)33(36)37)25(13-9-12-22-10-5-4-6-11-22)29(35)31-41-27-14-7-8-19-40-27/h4-6,9-12,15-18,21,25-27H,7-8,13-14,19-20H2,1-3H3,(H,30,34)(H,31,35)/b12-9+/t25-,26+,27?/m0/s1. The molecule has 3 atom stereocenters. The number of nitro benzene ring substituents is 1. The molecule has 1 heterocycles. The number of amides is 2. The molecule has 2 amide bonds. The van der Waals surface area contributed by atoms with Gasteiger partial charge in [0, 0.05) is 25.2 Å². The van der Waals surface area contributed by atoms with E-state index in [0.717, 1.165) is 36.8 Å². The zero-order chi connectivity index (χ0) is 30.7. The Morgan fingerprint density at radius 1 is 1.10 bits per heavy atom. The molecule has 1 fully saturated rings. The summed E-state index contributed by atoms with van der Waals surface area (Å²) in [5.74, 6) is -3.14. The summed E-state index contributed by atoms with van der Waals surface area (Å²) >= 11 is 0. The van der Waals surface area contributed by atoms with Gasteiger partial charge in [-0.05, 0) is 49.3 Å². The van der Waals surface area contributed by atoms with Crippen molar-refractivity contribution in [2.75, 3.05) is 17.3 Å². The number of nitrogens with one attached hydrogen (secondary N) is 2. The molecular weight excluding hydrogens is 564 g/mol. The molecule has 1 saturated heterocycles. The Bertz CT molecular complexity index is 1330. The molecule has 0 aromatic heterocycles. The third-order valence-electron chi connectivity index (χ3n) is 6.65. The minimum Gasteiger partial charge on any atom is -0.350 e. The summed E-state index contributed by atoms with van der Waals surface area (Å²) < 4.78 is 31.6. The van der Waals surface area contributed by atoms with Crippen molar-refractivity contribution in [2.45, 2.75) is 52.2 Å². The number of nitro groups is 1. The molecule has 2 aromatic rings. The van der Waals surface area contributed by atoms with Gasteiger partial charge in [-0.3, -0.25) is 25.1 Å². The first-order valence-corrected chi connectivity index (χ1v) is 15.6. The molecule has 0 saturated carbocycles. The number of sulfonamides is 1. The van der Waals surface area contributed by atoms with Crippen LogP contribution in [0.4, 0.5) is 11.4 Å². The van der Waals surface area contributed by atoms with Crippen molar-refractivity contribution in [2.24, 2.45) is 17.8 Å². The molecule has 2 aromatic carbocycles. The number of benzene rings is 2. The van der Waals surface area contributed by atoms with Crippen molar-refractivity contribution in [3.8, 4) is 0 Å². The third-order valence-corrected chi connectivity index (χ3v) is 7.62. The lowest BCUT2D eigenvalue weighted by Gasteiger charge is -2.30. The largest absolute Gasteiger partial charge is 0.350 e. The summed E-state index contributed by atoms with van der Waals surface area (Å²) in [6.07, 6.45) is 6.79. The summed E-state index contributed by atoms with van der Waals surface area (Å²) in [6, 6.07) is 14.2. The second-order valence-corrected chi connectivity index (χ2v) is 12.4. The van der Waals surface area contributed by atoms with E-state index in [4.69, 9.17) is 9.57 Å². The second-order valence-electron chi connectivity index (χ2n) is 10.5. The van der Waals surface area contributed by atoms with Crippen molar-refractivity contribution in [1.82, 2.24) is 10.9 Å². The first kappa shape index (κ1) is 32.7. The fourth-order valence-electron chi connectivity index (χ4n) is 4.57. The first-order valence-electron chi connectivity index (χ1n) is 13.8. The van der Waals surface area contributed by atoms with E-state index in [1.54, 1.807) is 6.08 Å². The van der Waals surface area contributed by atoms with Crippen LogP contribution in [0.15, 0.2) is 60.7 Å². The predicted octanol–water partition coefficient (Wildman–Crippen LogP) is 4.35. The van der Waals surface area contributed by atoms with E-state index in [2.05, 4.69) is 10.9 Å². The number of ether oxygens (including phenoxy) is 1. The number of carbonyl (C=O) groups excluding carboxylic acids is 2. The highest BCUT2D eigenvalue weighted by molar-refractivity contribution is 7.92. The Balaban J connectivity index is 1.89. The Labute approximate surface area is 246 Å². The van der Waals surface area contributed by atoms with Gasteiger partial charge in [-0.25, -0.2) is 18.7 Å². The zero-order valence-corrected chi connectivity index (χ0v) is 24.8. The molecular formula is C29H38N4O8S. The Morgan fingerprint density at radius 2 is 1.79 bits per heavy atom. The van der Waals surface area contributed by atoms with E-state index in [9.17, 15) is 28.1 Å². The van der Waals surface area contributed by atoms with E-state index in [1.807, 2.05) is 50.3 Å². The highest BCUT2D eigenvalue weighted by Crippen LogP contribution is 2.27. The van der Waals surface area contributed by atoms with E-state index in [1.165, 1.54) is 12.1 Å². The molecule has 0 bridgehead atoms. The highest BCUT2D eigenvalue weighted by Gasteiger charge is 2.36. The van der Waals surface area contributed by atoms with Gasteiger partial charge < -0.3 is 4.74 Å². The van der Waals surface area contributed by atoms with Gasteiger partial charge in [0.15, 0.2) is 6.29 Å². The summed E-state index contributed by atoms with van der Waals surface area (Å²) in [4.78, 5) is 43.3. The Morgan fingerprint density at radius 3 is 2.36 bits per heavy atom. The lowest BCUT2D eigenvalue weighted by atomic mass is 9.82.